The number of benzene rings is 2. The van der Waals surface area contributed by atoms with Gasteiger partial charge in [0, 0.05) is 17.8 Å². The lowest BCUT2D eigenvalue weighted by molar-refractivity contribution is -0.120. The first-order valence-corrected chi connectivity index (χ1v) is 10.0. The first kappa shape index (κ1) is 18.5. The minimum Gasteiger partial charge on any atom is -0.352 e. The molecule has 0 bridgehead atoms. The molecule has 1 aliphatic rings. The van der Waals surface area contributed by atoms with Crippen LogP contribution in [0.3, 0.4) is 0 Å². The van der Waals surface area contributed by atoms with Gasteiger partial charge in [0.25, 0.3) is 0 Å². The predicted octanol–water partition coefficient (Wildman–Crippen LogP) is 3.90. The molecule has 0 fully saturated rings. The number of aromatic nitrogens is 2. The van der Waals surface area contributed by atoms with Crippen molar-refractivity contribution in [1.29, 1.82) is 0 Å². The maximum absolute atomic E-state index is 12.5. The lowest BCUT2D eigenvalue weighted by atomic mass is 10.0. The van der Waals surface area contributed by atoms with Crippen molar-refractivity contribution >= 4 is 5.91 Å². The van der Waals surface area contributed by atoms with Gasteiger partial charge in [-0.1, -0.05) is 48.5 Å². The van der Waals surface area contributed by atoms with E-state index < -0.39 is 0 Å². The van der Waals surface area contributed by atoms with E-state index in [-0.39, 0.29) is 5.91 Å². The third-order valence-electron chi connectivity index (χ3n) is 5.70. The molecule has 1 aromatic heterocycles. The normalized spacial score (nSPS) is 12.8. The van der Waals surface area contributed by atoms with Gasteiger partial charge in [0.1, 0.15) is 0 Å². The SMILES string of the molecule is Cc1nn(Cc2ccccc2)c(C)c1CNC(=O)Cc1ccc2c(c1)CCC2. The Morgan fingerprint density at radius 1 is 1.04 bits per heavy atom. The highest BCUT2D eigenvalue weighted by Crippen LogP contribution is 2.23. The summed E-state index contributed by atoms with van der Waals surface area (Å²) in [5.41, 5.74) is 8.38. The summed E-state index contributed by atoms with van der Waals surface area (Å²) in [6.07, 6.45) is 3.98. The van der Waals surface area contributed by atoms with Crippen LogP contribution in [0.1, 0.15) is 45.6 Å². The molecule has 144 valence electrons. The van der Waals surface area contributed by atoms with E-state index in [1.165, 1.54) is 29.5 Å². The highest BCUT2D eigenvalue weighted by Gasteiger charge is 2.15. The number of hydrogen-bond donors (Lipinski definition) is 1. The molecule has 0 saturated heterocycles. The van der Waals surface area contributed by atoms with Crippen LogP contribution in [0.4, 0.5) is 0 Å². The lowest BCUT2D eigenvalue weighted by Gasteiger charge is -2.08. The average Bonchev–Trinajstić information content (AvgIpc) is 3.25. The maximum Gasteiger partial charge on any atom is 0.224 e. The molecule has 0 unspecified atom stereocenters. The number of nitrogens with one attached hydrogen (secondary N) is 1. The van der Waals surface area contributed by atoms with Crippen LogP contribution in [0, 0.1) is 13.8 Å². The van der Waals surface area contributed by atoms with Crippen LogP contribution in [0.15, 0.2) is 48.5 Å². The number of nitrogens with zero attached hydrogens (tertiary/aromatic N) is 2. The third-order valence-corrected chi connectivity index (χ3v) is 5.70. The first-order chi connectivity index (χ1) is 13.6. The molecule has 1 heterocycles. The largest absolute Gasteiger partial charge is 0.352 e. The van der Waals surface area contributed by atoms with E-state index in [1.807, 2.05) is 29.8 Å². The molecule has 0 spiro atoms. The van der Waals surface area contributed by atoms with Crippen molar-refractivity contribution in [3.63, 3.8) is 0 Å². The van der Waals surface area contributed by atoms with Crippen LogP contribution in [0.25, 0.3) is 0 Å². The lowest BCUT2D eigenvalue weighted by Crippen LogP contribution is -2.25. The molecule has 1 N–H and O–H groups in total. The third kappa shape index (κ3) is 4.01. The summed E-state index contributed by atoms with van der Waals surface area (Å²) in [4.78, 5) is 12.5. The van der Waals surface area contributed by atoms with E-state index in [0.29, 0.717) is 13.0 Å². The van der Waals surface area contributed by atoms with Crippen LogP contribution in [-0.2, 0) is 37.1 Å². The fourth-order valence-electron chi connectivity index (χ4n) is 4.07. The second-order valence-corrected chi connectivity index (χ2v) is 7.70. The van der Waals surface area contributed by atoms with Crippen molar-refractivity contribution < 1.29 is 4.79 Å². The summed E-state index contributed by atoms with van der Waals surface area (Å²) in [7, 11) is 0. The molecule has 4 rings (SSSR count). The van der Waals surface area contributed by atoms with Crippen molar-refractivity contribution in [2.75, 3.05) is 0 Å². The highest BCUT2D eigenvalue weighted by atomic mass is 16.1. The second-order valence-electron chi connectivity index (χ2n) is 7.70. The van der Waals surface area contributed by atoms with Gasteiger partial charge in [-0.2, -0.15) is 5.10 Å². The molecule has 28 heavy (non-hydrogen) atoms. The number of amides is 1. The smallest absolute Gasteiger partial charge is 0.224 e. The van der Waals surface area contributed by atoms with Crippen LogP contribution in [-0.4, -0.2) is 15.7 Å². The molecule has 2 aromatic carbocycles. The van der Waals surface area contributed by atoms with Gasteiger partial charge < -0.3 is 5.32 Å². The quantitative estimate of drug-likeness (QED) is 0.712. The highest BCUT2D eigenvalue weighted by molar-refractivity contribution is 5.78. The van der Waals surface area contributed by atoms with Crippen LogP contribution < -0.4 is 5.32 Å². The molecule has 0 atom stereocenters. The Labute approximate surface area is 166 Å². The van der Waals surface area contributed by atoms with Gasteiger partial charge in [0.2, 0.25) is 5.91 Å². The minimum absolute atomic E-state index is 0.0626. The van der Waals surface area contributed by atoms with Crippen molar-refractivity contribution in [1.82, 2.24) is 15.1 Å². The molecule has 3 aromatic rings. The van der Waals surface area contributed by atoms with Crippen molar-refractivity contribution in [3.05, 3.63) is 87.7 Å². The molecular formula is C24H27N3O. The average molecular weight is 374 g/mol. The Kier molecular flexibility index (Phi) is 5.29. The van der Waals surface area contributed by atoms with Gasteiger partial charge in [-0.05, 0) is 55.4 Å². The summed E-state index contributed by atoms with van der Waals surface area (Å²) >= 11 is 0. The minimum atomic E-state index is 0.0626. The summed E-state index contributed by atoms with van der Waals surface area (Å²) in [5, 5.41) is 7.75. The molecule has 1 amide bonds. The van der Waals surface area contributed by atoms with Gasteiger partial charge in [-0.25, -0.2) is 0 Å². The number of hydrogen-bond acceptors (Lipinski definition) is 2. The topological polar surface area (TPSA) is 46.9 Å². The Hall–Kier alpha value is -2.88. The zero-order valence-electron chi connectivity index (χ0n) is 16.7. The van der Waals surface area contributed by atoms with Crippen LogP contribution in [0.5, 0.6) is 0 Å². The number of carbonyl (C=O) groups excluding carboxylic acids is 1. The summed E-state index contributed by atoms with van der Waals surface area (Å²) in [5.74, 6) is 0.0626. The van der Waals surface area contributed by atoms with E-state index in [1.54, 1.807) is 0 Å². The van der Waals surface area contributed by atoms with Crippen molar-refractivity contribution in [2.24, 2.45) is 0 Å². The van der Waals surface area contributed by atoms with Gasteiger partial charge in [0.15, 0.2) is 0 Å². The molecular weight excluding hydrogens is 346 g/mol. The van der Waals surface area contributed by atoms with Gasteiger partial charge >= 0.3 is 0 Å². The zero-order chi connectivity index (χ0) is 19.5. The molecule has 1 aliphatic carbocycles. The van der Waals surface area contributed by atoms with Crippen molar-refractivity contribution in [3.8, 4) is 0 Å². The summed E-state index contributed by atoms with van der Waals surface area (Å²) in [6.45, 7) is 5.36. The number of fused-ring (bicyclic) bond motifs is 1. The summed E-state index contributed by atoms with van der Waals surface area (Å²) in [6, 6.07) is 16.8. The maximum atomic E-state index is 12.5. The predicted molar refractivity (Wildman–Crippen MR) is 111 cm³/mol. The van der Waals surface area contributed by atoms with Crippen molar-refractivity contribution in [2.45, 2.75) is 52.6 Å². The van der Waals surface area contributed by atoms with Gasteiger partial charge in [0.05, 0.1) is 18.7 Å². The number of carbonyl (C=O) groups is 1. The molecule has 4 heteroatoms. The molecule has 0 saturated carbocycles. The van der Waals surface area contributed by atoms with Gasteiger partial charge in [-0.3, -0.25) is 9.48 Å². The summed E-state index contributed by atoms with van der Waals surface area (Å²) < 4.78 is 2.02. The van der Waals surface area contributed by atoms with Crippen LogP contribution >= 0.6 is 0 Å². The van der Waals surface area contributed by atoms with Gasteiger partial charge in [-0.15, -0.1) is 0 Å². The van der Waals surface area contributed by atoms with Crippen LogP contribution in [0.2, 0.25) is 0 Å². The number of rotatable bonds is 6. The second kappa shape index (κ2) is 8.01. The molecule has 0 aliphatic heterocycles. The Morgan fingerprint density at radius 3 is 2.64 bits per heavy atom. The Balaban J connectivity index is 1.38. The molecule has 4 nitrogen and oxygen atoms in total. The fourth-order valence-corrected chi connectivity index (χ4v) is 4.07. The van der Waals surface area contributed by atoms with E-state index in [2.05, 4.69) is 47.7 Å². The van der Waals surface area contributed by atoms with E-state index in [4.69, 9.17) is 0 Å². The molecule has 0 radical (unpaired) electrons. The standard InChI is InChI=1S/C24H27N3O/c1-17-23(18(2)27(26-17)16-19-7-4-3-5-8-19)15-25-24(28)14-20-11-12-21-9-6-10-22(21)13-20/h3-5,7-8,11-13H,6,9-10,14-16H2,1-2H3,(H,25,28). The first-order valence-electron chi connectivity index (χ1n) is 10.0. The Bertz CT molecular complexity index is 989. The Morgan fingerprint density at radius 2 is 1.82 bits per heavy atom. The zero-order valence-corrected chi connectivity index (χ0v) is 16.7. The van der Waals surface area contributed by atoms with E-state index in [0.717, 1.165) is 35.5 Å². The van der Waals surface area contributed by atoms with E-state index >= 15 is 0 Å². The fraction of sp³-hybridized carbons (Fsp3) is 0.333. The van der Waals surface area contributed by atoms with E-state index in [9.17, 15) is 4.79 Å². The number of aryl methyl sites for hydroxylation is 3. The monoisotopic (exact) mass is 373 g/mol.